The van der Waals surface area contributed by atoms with Crippen LogP contribution in [0.25, 0.3) is 0 Å². The first kappa shape index (κ1) is 16.8. The van der Waals surface area contributed by atoms with Crippen LogP contribution in [0.3, 0.4) is 0 Å². The average Bonchev–Trinajstić information content (AvgIpc) is 3.23. The fourth-order valence-electron chi connectivity index (χ4n) is 3.31. The molecular formula is C17H19ClN2O4. The number of hydrogen-bond acceptors (Lipinski definition) is 4. The summed E-state index contributed by atoms with van der Waals surface area (Å²) in [4.78, 5) is 39.8. The molecule has 7 heteroatoms. The van der Waals surface area contributed by atoms with Gasteiger partial charge >= 0.3 is 5.97 Å². The lowest BCUT2D eigenvalue weighted by Gasteiger charge is -2.24. The van der Waals surface area contributed by atoms with Gasteiger partial charge in [0.1, 0.15) is 6.04 Å². The van der Waals surface area contributed by atoms with E-state index in [4.69, 9.17) is 16.3 Å². The molecule has 1 aromatic rings. The molecule has 6 nitrogen and oxygen atoms in total. The van der Waals surface area contributed by atoms with Crippen molar-refractivity contribution in [1.29, 1.82) is 0 Å². The predicted molar refractivity (Wildman–Crippen MR) is 89.1 cm³/mol. The van der Waals surface area contributed by atoms with Crippen LogP contribution < -0.4 is 4.90 Å². The van der Waals surface area contributed by atoms with Crippen molar-refractivity contribution < 1.29 is 19.1 Å². The summed E-state index contributed by atoms with van der Waals surface area (Å²) in [6.45, 7) is 1.11. The van der Waals surface area contributed by atoms with Gasteiger partial charge in [0.2, 0.25) is 5.91 Å². The van der Waals surface area contributed by atoms with E-state index >= 15 is 0 Å². The molecule has 2 heterocycles. The normalized spacial score (nSPS) is 20.6. The van der Waals surface area contributed by atoms with Crippen molar-refractivity contribution >= 4 is 35.1 Å². The minimum atomic E-state index is -0.546. The first-order valence-electron chi connectivity index (χ1n) is 8.01. The van der Waals surface area contributed by atoms with Crippen LogP contribution in [0.4, 0.5) is 5.69 Å². The fraction of sp³-hybridized carbons (Fsp3) is 0.471. The molecular weight excluding hydrogens is 332 g/mol. The molecule has 0 radical (unpaired) electrons. The standard InChI is InChI=1S/C17H19ClN2O4/c1-24-17(23)13-4-2-9-20(13)16(22)11-6-7-12(18)14(10-11)19-8-3-5-15(19)21/h6-7,10,13H,2-5,8-9H2,1H3. The third kappa shape index (κ3) is 2.98. The highest BCUT2D eigenvalue weighted by molar-refractivity contribution is 6.34. The van der Waals surface area contributed by atoms with Crippen LogP contribution in [-0.4, -0.2) is 48.9 Å². The number of carbonyl (C=O) groups is 3. The first-order chi connectivity index (χ1) is 11.5. The summed E-state index contributed by atoms with van der Waals surface area (Å²) in [5.74, 6) is -0.632. The van der Waals surface area contributed by atoms with E-state index in [1.165, 1.54) is 12.0 Å². The second-order valence-electron chi connectivity index (χ2n) is 5.99. The van der Waals surface area contributed by atoms with Gasteiger partial charge in [0.05, 0.1) is 17.8 Å². The van der Waals surface area contributed by atoms with Gasteiger partial charge in [-0.25, -0.2) is 4.79 Å². The van der Waals surface area contributed by atoms with Crippen LogP contribution >= 0.6 is 11.6 Å². The molecule has 0 bridgehead atoms. The van der Waals surface area contributed by atoms with Gasteiger partial charge in [-0.1, -0.05) is 11.6 Å². The van der Waals surface area contributed by atoms with Gasteiger partial charge in [-0.2, -0.15) is 0 Å². The van der Waals surface area contributed by atoms with E-state index < -0.39 is 12.0 Å². The van der Waals surface area contributed by atoms with Crippen LogP contribution in [0.15, 0.2) is 18.2 Å². The number of nitrogens with zero attached hydrogens (tertiary/aromatic N) is 2. The van der Waals surface area contributed by atoms with Gasteiger partial charge < -0.3 is 14.5 Å². The maximum absolute atomic E-state index is 12.8. The molecule has 0 saturated carbocycles. The predicted octanol–water partition coefficient (Wildman–Crippen LogP) is 2.24. The number of benzene rings is 1. The Kier molecular flexibility index (Phi) is 4.76. The summed E-state index contributed by atoms with van der Waals surface area (Å²) >= 11 is 6.21. The van der Waals surface area contributed by atoms with Crippen molar-refractivity contribution in [2.45, 2.75) is 31.7 Å². The van der Waals surface area contributed by atoms with Gasteiger partial charge in [-0.15, -0.1) is 0 Å². The molecule has 2 fully saturated rings. The Labute approximate surface area is 145 Å². The molecule has 2 amide bonds. The minimum Gasteiger partial charge on any atom is -0.467 e. The molecule has 1 aromatic carbocycles. The van der Waals surface area contributed by atoms with Crippen LogP contribution in [0.2, 0.25) is 5.02 Å². The third-order valence-electron chi connectivity index (χ3n) is 4.54. The Morgan fingerprint density at radius 3 is 2.71 bits per heavy atom. The number of hydrogen-bond donors (Lipinski definition) is 0. The molecule has 24 heavy (non-hydrogen) atoms. The summed E-state index contributed by atoms with van der Waals surface area (Å²) in [5.41, 5.74) is 0.976. The molecule has 1 atom stereocenters. The molecule has 2 saturated heterocycles. The lowest BCUT2D eigenvalue weighted by atomic mass is 10.1. The van der Waals surface area contributed by atoms with Gasteiger partial charge in [0.25, 0.3) is 5.91 Å². The lowest BCUT2D eigenvalue weighted by Crippen LogP contribution is -2.41. The number of amides is 2. The summed E-state index contributed by atoms with van der Waals surface area (Å²) in [5, 5.41) is 0.438. The number of esters is 1. The van der Waals surface area contributed by atoms with Gasteiger partial charge in [-0.05, 0) is 37.5 Å². The Balaban J connectivity index is 1.88. The van der Waals surface area contributed by atoms with Crippen molar-refractivity contribution in [3.63, 3.8) is 0 Å². The molecule has 0 N–H and O–H groups in total. The monoisotopic (exact) mass is 350 g/mol. The van der Waals surface area contributed by atoms with E-state index in [-0.39, 0.29) is 11.8 Å². The zero-order valence-electron chi connectivity index (χ0n) is 13.5. The van der Waals surface area contributed by atoms with E-state index in [1.54, 1.807) is 23.1 Å². The van der Waals surface area contributed by atoms with Crippen molar-refractivity contribution in [2.75, 3.05) is 25.1 Å². The summed E-state index contributed by atoms with van der Waals surface area (Å²) in [7, 11) is 1.32. The molecule has 0 aromatic heterocycles. The molecule has 3 rings (SSSR count). The number of halogens is 1. The lowest BCUT2D eigenvalue weighted by molar-refractivity contribution is -0.145. The van der Waals surface area contributed by atoms with E-state index in [0.717, 1.165) is 12.8 Å². The minimum absolute atomic E-state index is 0.00936. The van der Waals surface area contributed by atoms with Gasteiger partial charge in [-0.3, -0.25) is 9.59 Å². The Morgan fingerprint density at radius 1 is 1.25 bits per heavy atom. The van der Waals surface area contributed by atoms with E-state index in [2.05, 4.69) is 0 Å². The highest BCUT2D eigenvalue weighted by Crippen LogP contribution is 2.31. The number of ether oxygens (including phenoxy) is 1. The highest BCUT2D eigenvalue weighted by Gasteiger charge is 2.35. The van der Waals surface area contributed by atoms with Crippen molar-refractivity contribution in [2.24, 2.45) is 0 Å². The highest BCUT2D eigenvalue weighted by atomic mass is 35.5. The summed E-state index contributed by atoms with van der Waals surface area (Å²) < 4.78 is 4.78. The number of anilines is 1. The number of methoxy groups -OCH3 is 1. The van der Waals surface area contributed by atoms with Crippen LogP contribution in [-0.2, 0) is 14.3 Å². The maximum atomic E-state index is 12.8. The first-order valence-corrected chi connectivity index (χ1v) is 8.39. The second kappa shape index (κ2) is 6.81. The third-order valence-corrected chi connectivity index (χ3v) is 4.86. The van der Waals surface area contributed by atoms with E-state index in [1.807, 2.05) is 0 Å². The molecule has 0 spiro atoms. The Hall–Kier alpha value is -2.08. The SMILES string of the molecule is COC(=O)C1CCCN1C(=O)c1ccc(Cl)c(N2CCCC2=O)c1. The largest absolute Gasteiger partial charge is 0.467 e. The fourth-order valence-corrected chi connectivity index (χ4v) is 3.53. The Bertz CT molecular complexity index is 691. The number of rotatable bonds is 3. The number of likely N-dealkylation sites (tertiary alicyclic amines) is 1. The summed E-state index contributed by atoms with van der Waals surface area (Å²) in [6.07, 6.45) is 2.63. The van der Waals surface area contributed by atoms with Gasteiger partial charge in [0, 0.05) is 25.1 Å². The Morgan fingerprint density at radius 2 is 2.04 bits per heavy atom. The van der Waals surface area contributed by atoms with Crippen LogP contribution in [0, 0.1) is 0 Å². The molecule has 128 valence electrons. The molecule has 2 aliphatic rings. The zero-order valence-corrected chi connectivity index (χ0v) is 14.2. The summed E-state index contributed by atoms with van der Waals surface area (Å²) in [6, 6.07) is 4.34. The molecule has 0 aliphatic carbocycles. The second-order valence-corrected chi connectivity index (χ2v) is 6.40. The van der Waals surface area contributed by atoms with Crippen molar-refractivity contribution in [3.8, 4) is 0 Å². The zero-order chi connectivity index (χ0) is 17.3. The van der Waals surface area contributed by atoms with Gasteiger partial charge in [0.15, 0.2) is 0 Å². The van der Waals surface area contributed by atoms with Crippen molar-refractivity contribution in [3.05, 3.63) is 28.8 Å². The maximum Gasteiger partial charge on any atom is 0.328 e. The molecule has 1 unspecified atom stereocenters. The quantitative estimate of drug-likeness (QED) is 0.784. The number of carbonyl (C=O) groups excluding carboxylic acids is 3. The average molecular weight is 351 g/mol. The van der Waals surface area contributed by atoms with E-state index in [9.17, 15) is 14.4 Å². The van der Waals surface area contributed by atoms with Crippen LogP contribution in [0.5, 0.6) is 0 Å². The van der Waals surface area contributed by atoms with Crippen LogP contribution in [0.1, 0.15) is 36.0 Å². The van der Waals surface area contributed by atoms with E-state index in [0.29, 0.717) is 42.2 Å². The molecule has 2 aliphatic heterocycles. The topological polar surface area (TPSA) is 66.9 Å². The smallest absolute Gasteiger partial charge is 0.328 e. The van der Waals surface area contributed by atoms with Crippen molar-refractivity contribution in [1.82, 2.24) is 4.90 Å².